The Morgan fingerprint density at radius 2 is 2.09 bits per heavy atom. The van der Waals surface area contributed by atoms with Gasteiger partial charge in [-0.15, -0.1) is 0 Å². The monoisotopic (exact) mass is 150 g/mol. The fraction of sp³-hybridized carbons (Fsp3) is 0.600. The molecule has 0 saturated heterocycles. The highest BCUT2D eigenvalue weighted by Crippen LogP contribution is 2.11. The minimum absolute atomic E-state index is 0.735. The maximum absolute atomic E-state index is 3.14. The second kappa shape index (κ2) is 3.61. The average molecular weight is 150 g/mol. The summed E-state index contributed by atoms with van der Waals surface area (Å²) in [6.45, 7) is 7.88. The van der Waals surface area contributed by atoms with Gasteiger partial charge in [0.05, 0.1) is 6.20 Å². The van der Waals surface area contributed by atoms with E-state index in [9.17, 15) is 0 Å². The predicted molar refractivity (Wildman–Crippen MR) is 47.3 cm³/mol. The average Bonchev–Trinajstić information content (AvgIpc) is 2.39. The highest BCUT2D eigenvalue weighted by Gasteiger charge is 2.06. The van der Waals surface area contributed by atoms with E-state index in [-0.39, 0.29) is 0 Å². The molecule has 0 aliphatic rings. The lowest BCUT2D eigenvalue weighted by molar-refractivity contribution is 0.364. The summed E-state index contributed by atoms with van der Waals surface area (Å²) in [4.78, 5) is 0. The number of aromatic nitrogens is 1. The molecule has 1 heterocycles. The Balaban J connectivity index is 2.43. The Morgan fingerprint density at radius 3 is 2.55 bits per heavy atom. The van der Waals surface area contributed by atoms with Crippen LogP contribution in [0.25, 0.3) is 0 Å². The molecule has 0 aromatic carbocycles. The Morgan fingerprint density at radius 1 is 1.36 bits per heavy atom. The molecule has 1 radical (unpaired) electrons. The molecule has 11 heavy (non-hydrogen) atoms. The number of rotatable bonds is 3. The van der Waals surface area contributed by atoms with Crippen molar-refractivity contribution in [2.45, 2.75) is 27.3 Å². The first-order valence-corrected chi connectivity index (χ1v) is 4.23. The van der Waals surface area contributed by atoms with E-state index in [0.717, 1.165) is 18.4 Å². The van der Waals surface area contributed by atoms with Gasteiger partial charge in [0, 0.05) is 12.7 Å². The molecule has 1 nitrogen and oxygen atoms in total. The van der Waals surface area contributed by atoms with Crippen molar-refractivity contribution in [3.8, 4) is 0 Å². The van der Waals surface area contributed by atoms with Gasteiger partial charge in [0.15, 0.2) is 0 Å². The molecular weight excluding hydrogens is 134 g/mol. The van der Waals surface area contributed by atoms with Gasteiger partial charge < -0.3 is 4.57 Å². The number of hydrogen-bond acceptors (Lipinski definition) is 0. The van der Waals surface area contributed by atoms with Crippen molar-refractivity contribution in [3.05, 3.63) is 24.5 Å². The fourth-order valence-corrected chi connectivity index (χ4v) is 0.963. The molecule has 1 atom stereocenters. The van der Waals surface area contributed by atoms with E-state index in [0.29, 0.717) is 0 Å². The molecule has 0 saturated carbocycles. The lowest BCUT2D eigenvalue weighted by Crippen LogP contribution is -2.11. The molecule has 1 unspecified atom stereocenters. The van der Waals surface area contributed by atoms with Gasteiger partial charge in [-0.2, -0.15) is 0 Å². The molecule has 61 valence electrons. The third-order valence-electron chi connectivity index (χ3n) is 2.23. The third-order valence-corrected chi connectivity index (χ3v) is 2.23. The molecule has 0 amide bonds. The quantitative estimate of drug-likeness (QED) is 0.624. The van der Waals surface area contributed by atoms with E-state index in [4.69, 9.17) is 0 Å². The lowest BCUT2D eigenvalue weighted by Gasteiger charge is -2.15. The summed E-state index contributed by atoms with van der Waals surface area (Å²) in [5.41, 5.74) is 0. The predicted octanol–water partition coefficient (Wildman–Crippen LogP) is 2.58. The topological polar surface area (TPSA) is 4.93 Å². The summed E-state index contributed by atoms with van der Waals surface area (Å²) in [5, 5.41) is 0. The Bertz CT molecular complexity index is 187. The largest absolute Gasteiger partial charge is 0.346 e. The van der Waals surface area contributed by atoms with Crippen LogP contribution in [0.15, 0.2) is 18.3 Å². The van der Waals surface area contributed by atoms with Crippen molar-refractivity contribution in [3.63, 3.8) is 0 Å². The zero-order chi connectivity index (χ0) is 8.27. The van der Waals surface area contributed by atoms with Crippen LogP contribution < -0.4 is 0 Å². The molecule has 1 aromatic rings. The first-order chi connectivity index (χ1) is 5.20. The fourth-order valence-electron chi connectivity index (χ4n) is 0.963. The maximum atomic E-state index is 3.14. The van der Waals surface area contributed by atoms with Crippen LogP contribution in [-0.2, 0) is 6.54 Å². The van der Waals surface area contributed by atoms with Crippen molar-refractivity contribution in [1.29, 1.82) is 0 Å². The van der Waals surface area contributed by atoms with E-state index in [1.807, 2.05) is 12.1 Å². The first-order valence-electron chi connectivity index (χ1n) is 4.23. The lowest BCUT2D eigenvalue weighted by atomic mass is 9.98. The van der Waals surface area contributed by atoms with Crippen LogP contribution >= 0.6 is 0 Å². The molecular formula is C10H16N. The standard InChI is InChI=1S/C10H16N/c1-9(2)10(3)8-11-6-4-5-7-11/h4-6,9-10H,8H2,1-3H3. The molecule has 1 aromatic heterocycles. The molecule has 0 fully saturated rings. The highest BCUT2D eigenvalue weighted by molar-refractivity contribution is 4.88. The Hall–Kier alpha value is -0.720. The van der Waals surface area contributed by atoms with Gasteiger partial charge in [-0.3, -0.25) is 0 Å². The molecule has 0 spiro atoms. The normalized spacial score (nSPS) is 13.8. The van der Waals surface area contributed by atoms with Gasteiger partial charge in [-0.1, -0.05) is 20.8 Å². The van der Waals surface area contributed by atoms with Gasteiger partial charge in [0.2, 0.25) is 0 Å². The summed E-state index contributed by atoms with van der Waals surface area (Å²) in [6.07, 6.45) is 5.21. The molecule has 1 rings (SSSR count). The van der Waals surface area contributed by atoms with Crippen molar-refractivity contribution in [2.75, 3.05) is 0 Å². The van der Waals surface area contributed by atoms with Crippen LogP contribution in [0.2, 0.25) is 0 Å². The van der Waals surface area contributed by atoms with Gasteiger partial charge in [0.1, 0.15) is 0 Å². The zero-order valence-electron chi connectivity index (χ0n) is 7.54. The van der Waals surface area contributed by atoms with Crippen LogP contribution in [0.4, 0.5) is 0 Å². The SMILES string of the molecule is CC(C)C(C)Cn1[c]ccc1. The van der Waals surface area contributed by atoms with Crippen molar-refractivity contribution in [1.82, 2.24) is 4.57 Å². The smallest absolute Gasteiger partial charge is 0.0647 e. The summed E-state index contributed by atoms with van der Waals surface area (Å²) in [6, 6.07) is 3.97. The van der Waals surface area contributed by atoms with Crippen LogP contribution in [0.5, 0.6) is 0 Å². The summed E-state index contributed by atoms with van der Waals surface area (Å²) < 4.78 is 2.12. The van der Waals surface area contributed by atoms with E-state index < -0.39 is 0 Å². The Kier molecular flexibility index (Phi) is 2.75. The van der Waals surface area contributed by atoms with Gasteiger partial charge in [-0.05, 0) is 24.0 Å². The zero-order valence-corrected chi connectivity index (χ0v) is 7.54. The van der Waals surface area contributed by atoms with Crippen LogP contribution in [-0.4, -0.2) is 4.57 Å². The molecule has 0 aliphatic carbocycles. The third kappa shape index (κ3) is 2.41. The molecule has 0 N–H and O–H groups in total. The van der Waals surface area contributed by atoms with Crippen LogP contribution in [0.3, 0.4) is 0 Å². The minimum atomic E-state index is 0.735. The second-order valence-electron chi connectivity index (χ2n) is 3.51. The Labute approximate surface area is 69.0 Å². The minimum Gasteiger partial charge on any atom is -0.346 e. The van der Waals surface area contributed by atoms with Crippen molar-refractivity contribution in [2.24, 2.45) is 11.8 Å². The van der Waals surface area contributed by atoms with E-state index >= 15 is 0 Å². The highest BCUT2D eigenvalue weighted by atomic mass is 14.9. The van der Waals surface area contributed by atoms with Crippen LogP contribution in [0.1, 0.15) is 20.8 Å². The molecule has 0 aliphatic heterocycles. The van der Waals surface area contributed by atoms with E-state index in [1.54, 1.807) is 0 Å². The van der Waals surface area contributed by atoms with Crippen molar-refractivity contribution >= 4 is 0 Å². The molecule has 0 bridgehead atoms. The van der Waals surface area contributed by atoms with E-state index in [1.165, 1.54) is 0 Å². The number of nitrogens with zero attached hydrogens (tertiary/aromatic N) is 1. The van der Waals surface area contributed by atoms with Gasteiger partial charge in [0.25, 0.3) is 0 Å². The van der Waals surface area contributed by atoms with Crippen molar-refractivity contribution < 1.29 is 0 Å². The second-order valence-corrected chi connectivity index (χ2v) is 3.51. The summed E-state index contributed by atoms with van der Waals surface area (Å²) >= 11 is 0. The van der Waals surface area contributed by atoms with Crippen LogP contribution in [0, 0.1) is 18.0 Å². The van der Waals surface area contributed by atoms with Gasteiger partial charge >= 0.3 is 0 Å². The molecule has 1 heteroatoms. The van der Waals surface area contributed by atoms with Gasteiger partial charge in [-0.25, -0.2) is 0 Å². The van der Waals surface area contributed by atoms with E-state index in [2.05, 4.69) is 37.7 Å². The maximum Gasteiger partial charge on any atom is 0.0647 e. The number of hydrogen-bond donors (Lipinski definition) is 0. The summed E-state index contributed by atoms with van der Waals surface area (Å²) in [5.74, 6) is 1.49. The first kappa shape index (κ1) is 8.38. The summed E-state index contributed by atoms with van der Waals surface area (Å²) in [7, 11) is 0.